The molecule has 0 saturated carbocycles. The lowest BCUT2D eigenvalue weighted by atomic mass is 10.1. The van der Waals surface area contributed by atoms with E-state index < -0.39 is 34.3 Å². The molecule has 0 spiro atoms. The number of amides is 2. The molecule has 2 amide bonds. The lowest BCUT2D eigenvalue weighted by Crippen LogP contribution is -2.52. The summed E-state index contributed by atoms with van der Waals surface area (Å²) in [5.74, 6) is -1.11. The molecule has 40 heavy (non-hydrogen) atoms. The zero-order chi connectivity index (χ0) is 29.4. The maximum absolute atomic E-state index is 14.0. The molecule has 10 heteroatoms. The van der Waals surface area contributed by atoms with E-state index in [1.165, 1.54) is 48.4 Å². The van der Waals surface area contributed by atoms with Crippen LogP contribution in [0.4, 0.5) is 10.1 Å². The number of likely N-dealkylation sites (N-methyl/N-ethyl adjacent to an activating group) is 1. The van der Waals surface area contributed by atoms with Crippen LogP contribution in [0.25, 0.3) is 0 Å². The molecule has 214 valence electrons. The van der Waals surface area contributed by atoms with Crippen LogP contribution in [0.2, 0.25) is 0 Å². The summed E-state index contributed by atoms with van der Waals surface area (Å²) in [6.07, 6.45) is 0.289. The molecule has 3 rings (SSSR count). The zero-order valence-electron chi connectivity index (χ0n) is 23.5. The van der Waals surface area contributed by atoms with Crippen molar-refractivity contribution in [3.8, 4) is 5.75 Å². The largest absolute Gasteiger partial charge is 0.495 e. The maximum atomic E-state index is 14.0. The van der Waals surface area contributed by atoms with Crippen LogP contribution in [0, 0.1) is 19.7 Å². The van der Waals surface area contributed by atoms with Gasteiger partial charge in [0.05, 0.1) is 17.7 Å². The first kappa shape index (κ1) is 30.6. The summed E-state index contributed by atoms with van der Waals surface area (Å²) in [5, 5.41) is 2.75. The lowest BCUT2D eigenvalue weighted by Gasteiger charge is -2.33. The van der Waals surface area contributed by atoms with Crippen molar-refractivity contribution in [2.75, 3.05) is 24.5 Å². The highest BCUT2D eigenvalue weighted by Crippen LogP contribution is 2.34. The quantitative estimate of drug-likeness (QED) is 0.344. The fraction of sp³-hybridized carbons (Fsp3) is 0.333. The van der Waals surface area contributed by atoms with Crippen LogP contribution in [0.3, 0.4) is 0 Å². The SMILES string of the molecule is CCNC(=O)[C@H](CC)N(Cc1ccc(F)cc1)C(=O)CN(c1cc(C)ccc1OC)S(=O)(=O)c1ccc(C)cc1. The fourth-order valence-electron chi connectivity index (χ4n) is 4.34. The second-order valence-electron chi connectivity index (χ2n) is 9.47. The van der Waals surface area contributed by atoms with Gasteiger partial charge in [-0.15, -0.1) is 0 Å². The summed E-state index contributed by atoms with van der Waals surface area (Å²) in [6.45, 7) is 6.96. The number of carbonyl (C=O) groups excluding carboxylic acids is 2. The number of aryl methyl sites for hydroxylation is 2. The predicted octanol–water partition coefficient (Wildman–Crippen LogP) is 4.59. The summed E-state index contributed by atoms with van der Waals surface area (Å²) in [4.78, 5) is 28.4. The lowest BCUT2D eigenvalue weighted by molar-refractivity contribution is -0.140. The van der Waals surface area contributed by atoms with E-state index in [1.807, 2.05) is 13.8 Å². The minimum absolute atomic E-state index is 0.00955. The number of hydrogen-bond acceptors (Lipinski definition) is 5. The first-order valence-electron chi connectivity index (χ1n) is 13.1. The predicted molar refractivity (Wildman–Crippen MR) is 153 cm³/mol. The van der Waals surface area contributed by atoms with Crippen LogP contribution < -0.4 is 14.4 Å². The van der Waals surface area contributed by atoms with Crippen LogP contribution in [0.1, 0.15) is 37.0 Å². The topological polar surface area (TPSA) is 96.0 Å². The monoisotopic (exact) mass is 569 g/mol. The van der Waals surface area contributed by atoms with Gasteiger partial charge in [-0.05, 0) is 74.7 Å². The maximum Gasteiger partial charge on any atom is 0.264 e. The molecule has 0 aliphatic heterocycles. The molecule has 0 aliphatic rings. The van der Waals surface area contributed by atoms with E-state index in [2.05, 4.69) is 5.32 Å². The smallest absolute Gasteiger partial charge is 0.264 e. The van der Waals surface area contributed by atoms with E-state index in [1.54, 1.807) is 44.2 Å². The van der Waals surface area contributed by atoms with Crippen molar-refractivity contribution in [3.63, 3.8) is 0 Å². The number of ether oxygens (including phenoxy) is 1. The molecule has 3 aromatic rings. The Kier molecular flexibility index (Phi) is 10.3. The van der Waals surface area contributed by atoms with Crippen LogP contribution >= 0.6 is 0 Å². The van der Waals surface area contributed by atoms with E-state index in [4.69, 9.17) is 4.74 Å². The molecule has 8 nitrogen and oxygen atoms in total. The van der Waals surface area contributed by atoms with Gasteiger partial charge in [-0.2, -0.15) is 0 Å². The third-order valence-corrected chi connectivity index (χ3v) is 8.27. The second-order valence-corrected chi connectivity index (χ2v) is 11.3. The van der Waals surface area contributed by atoms with Crippen molar-refractivity contribution >= 4 is 27.5 Å². The Bertz CT molecular complexity index is 1430. The molecular formula is C30H36FN3O5S. The highest BCUT2D eigenvalue weighted by molar-refractivity contribution is 7.92. The number of halogens is 1. The van der Waals surface area contributed by atoms with Crippen molar-refractivity contribution < 1.29 is 27.1 Å². The van der Waals surface area contributed by atoms with Crippen LogP contribution in [0.15, 0.2) is 71.6 Å². The molecule has 0 aliphatic carbocycles. The number of nitrogens with zero attached hydrogens (tertiary/aromatic N) is 2. The Hall–Kier alpha value is -3.92. The molecule has 1 N–H and O–H groups in total. The summed E-state index contributed by atoms with van der Waals surface area (Å²) in [5.41, 5.74) is 2.44. The second kappa shape index (κ2) is 13.4. The Labute approximate surface area is 235 Å². The number of anilines is 1. The summed E-state index contributed by atoms with van der Waals surface area (Å²) < 4.78 is 48.2. The van der Waals surface area contributed by atoms with Gasteiger partial charge >= 0.3 is 0 Å². The Balaban J connectivity index is 2.12. The van der Waals surface area contributed by atoms with E-state index in [9.17, 15) is 22.4 Å². The minimum atomic E-state index is -4.23. The van der Waals surface area contributed by atoms with Crippen molar-refractivity contribution in [3.05, 3.63) is 89.2 Å². The van der Waals surface area contributed by atoms with Gasteiger partial charge in [0.25, 0.3) is 10.0 Å². The number of nitrogens with one attached hydrogen (secondary N) is 1. The van der Waals surface area contributed by atoms with Crippen LogP contribution in [-0.4, -0.2) is 51.4 Å². The molecule has 0 heterocycles. The number of sulfonamides is 1. The summed E-state index contributed by atoms with van der Waals surface area (Å²) in [6, 6.07) is 16.2. The van der Waals surface area contributed by atoms with Crippen molar-refractivity contribution in [2.45, 2.75) is 51.6 Å². The minimum Gasteiger partial charge on any atom is -0.495 e. The fourth-order valence-corrected chi connectivity index (χ4v) is 5.76. The van der Waals surface area contributed by atoms with Gasteiger partial charge in [-0.25, -0.2) is 12.8 Å². The first-order chi connectivity index (χ1) is 19.0. The average Bonchev–Trinajstić information content (AvgIpc) is 2.92. The third kappa shape index (κ3) is 7.18. The molecule has 0 saturated heterocycles. The standard InChI is InChI=1S/C30H36FN3O5S/c1-6-26(30(36)32-7-2)33(19-23-11-13-24(31)14-12-23)29(35)20-34(27-18-22(4)10-17-28(27)39-5)40(37,38)25-15-8-21(3)9-16-25/h8-18,26H,6-7,19-20H2,1-5H3,(H,32,36)/t26-/m0/s1. The number of benzene rings is 3. The van der Waals surface area contributed by atoms with Gasteiger partial charge < -0.3 is 15.0 Å². The Morgan fingerprint density at radius 2 is 1.57 bits per heavy atom. The average molecular weight is 570 g/mol. The highest BCUT2D eigenvalue weighted by atomic mass is 32.2. The Morgan fingerprint density at radius 1 is 0.950 bits per heavy atom. The third-order valence-electron chi connectivity index (χ3n) is 6.49. The van der Waals surface area contributed by atoms with Gasteiger partial charge in [0.1, 0.15) is 24.2 Å². The number of methoxy groups -OCH3 is 1. The summed E-state index contributed by atoms with van der Waals surface area (Å²) in [7, 11) is -2.81. The molecule has 0 bridgehead atoms. The van der Waals surface area contributed by atoms with E-state index >= 15 is 0 Å². The van der Waals surface area contributed by atoms with Gasteiger partial charge in [0.15, 0.2) is 0 Å². The number of hydrogen-bond donors (Lipinski definition) is 1. The van der Waals surface area contributed by atoms with Crippen molar-refractivity contribution in [1.82, 2.24) is 10.2 Å². The first-order valence-corrected chi connectivity index (χ1v) is 14.5. The zero-order valence-corrected chi connectivity index (χ0v) is 24.3. The van der Waals surface area contributed by atoms with Crippen molar-refractivity contribution in [2.24, 2.45) is 0 Å². The summed E-state index contributed by atoms with van der Waals surface area (Å²) >= 11 is 0. The highest BCUT2D eigenvalue weighted by Gasteiger charge is 2.34. The molecule has 3 aromatic carbocycles. The molecule has 1 atom stereocenters. The number of carbonyl (C=O) groups is 2. The van der Waals surface area contributed by atoms with E-state index in [0.29, 0.717) is 12.1 Å². The van der Waals surface area contributed by atoms with Gasteiger partial charge in [-0.1, -0.05) is 42.8 Å². The Morgan fingerprint density at radius 3 is 2.15 bits per heavy atom. The molecule has 0 unspecified atom stereocenters. The van der Waals surface area contributed by atoms with Crippen molar-refractivity contribution in [1.29, 1.82) is 0 Å². The van der Waals surface area contributed by atoms with Gasteiger partial charge in [-0.3, -0.25) is 13.9 Å². The number of rotatable bonds is 12. The van der Waals surface area contributed by atoms with Crippen LogP contribution in [-0.2, 0) is 26.2 Å². The normalized spacial score (nSPS) is 11.9. The molecular weight excluding hydrogens is 533 g/mol. The molecule has 0 aromatic heterocycles. The van der Waals surface area contributed by atoms with Gasteiger partial charge in [0, 0.05) is 13.1 Å². The van der Waals surface area contributed by atoms with E-state index in [-0.39, 0.29) is 35.2 Å². The van der Waals surface area contributed by atoms with E-state index in [0.717, 1.165) is 15.4 Å². The van der Waals surface area contributed by atoms with Gasteiger partial charge in [0.2, 0.25) is 11.8 Å². The molecule has 0 fully saturated rings. The van der Waals surface area contributed by atoms with Crippen LogP contribution in [0.5, 0.6) is 5.75 Å². The molecule has 0 radical (unpaired) electrons.